The minimum absolute atomic E-state index is 0.0462. The zero-order valence-corrected chi connectivity index (χ0v) is 19.7. The molecule has 33 heavy (non-hydrogen) atoms. The molecule has 1 aromatic heterocycles. The lowest BCUT2D eigenvalue weighted by atomic mass is 9.87. The first-order chi connectivity index (χ1) is 16.2. The van der Waals surface area contributed by atoms with Crippen LogP contribution in [0, 0.1) is 0 Å². The van der Waals surface area contributed by atoms with Gasteiger partial charge in [0.2, 0.25) is 11.9 Å². The highest BCUT2D eigenvalue weighted by atomic mass is 32.2. The van der Waals surface area contributed by atoms with Crippen molar-refractivity contribution in [2.75, 3.05) is 37.0 Å². The summed E-state index contributed by atoms with van der Waals surface area (Å²) in [5.41, 5.74) is 0.776. The minimum Gasteiger partial charge on any atom is -0.486 e. The molecule has 2 aliphatic heterocycles. The number of anilines is 1. The van der Waals surface area contributed by atoms with Crippen LogP contribution in [-0.2, 0) is 10.3 Å². The molecule has 176 valence electrons. The number of amides is 1. The van der Waals surface area contributed by atoms with E-state index in [1.165, 1.54) is 37.4 Å². The maximum atomic E-state index is 13.1. The molecule has 8 nitrogen and oxygen atoms in total. The Morgan fingerprint density at radius 2 is 1.82 bits per heavy atom. The molecule has 1 amide bonds. The van der Waals surface area contributed by atoms with Crippen LogP contribution in [0.15, 0.2) is 23.4 Å². The quantitative estimate of drug-likeness (QED) is 0.620. The molecule has 0 radical (unpaired) electrons. The summed E-state index contributed by atoms with van der Waals surface area (Å²) in [5.74, 6) is 2.94. The highest BCUT2D eigenvalue weighted by Crippen LogP contribution is 2.43. The summed E-state index contributed by atoms with van der Waals surface area (Å²) < 4.78 is 13.8. The maximum Gasteiger partial charge on any atom is 0.231 e. The van der Waals surface area contributed by atoms with Crippen LogP contribution >= 0.6 is 11.8 Å². The van der Waals surface area contributed by atoms with Crippen molar-refractivity contribution in [3.63, 3.8) is 0 Å². The van der Waals surface area contributed by atoms with E-state index in [0.29, 0.717) is 25.0 Å². The Labute approximate surface area is 198 Å². The summed E-state index contributed by atoms with van der Waals surface area (Å²) in [5, 5.41) is 13.2. The lowest BCUT2D eigenvalue weighted by Gasteiger charge is -2.32. The number of ether oxygens (including phenoxy) is 2. The van der Waals surface area contributed by atoms with Gasteiger partial charge >= 0.3 is 0 Å². The van der Waals surface area contributed by atoms with E-state index in [2.05, 4.69) is 37.1 Å². The van der Waals surface area contributed by atoms with Crippen molar-refractivity contribution in [2.45, 2.75) is 68.1 Å². The molecule has 2 aliphatic carbocycles. The van der Waals surface area contributed by atoms with Gasteiger partial charge in [0.25, 0.3) is 0 Å². The Balaban J connectivity index is 1.16. The Bertz CT molecular complexity index is 1030. The van der Waals surface area contributed by atoms with E-state index in [1.807, 2.05) is 6.07 Å². The molecule has 1 aromatic carbocycles. The SMILES string of the molecule is O=C(CSc1nnc(N2CCCC2)n1C1CC1)NC1(c2ccc3c(c2)OCCO3)CCCC1. The third-order valence-corrected chi connectivity index (χ3v) is 8.15. The molecule has 6 rings (SSSR count). The summed E-state index contributed by atoms with van der Waals surface area (Å²) in [6.07, 6.45) is 8.88. The monoisotopic (exact) mass is 469 g/mol. The Kier molecular flexibility index (Phi) is 5.60. The summed E-state index contributed by atoms with van der Waals surface area (Å²) >= 11 is 1.51. The molecule has 1 N–H and O–H groups in total. The van der Waals surface area contributed by atoms with E-state index in [-0.39, 0.29) is 11.4 Å². The lowest BCUT2D eigenvalue weighted by Crippen LogP contribution is -2.44. The standard InChI is InChI=1S/C24H31N5O3S/c30-21(16-33-23-27-26-22(28-11-3-4-12-28)29(23)18-6-7-18)25-24(9-1-2-10-24)17-5-8-19-20(15-17)32-14-13-31-19/h5,8,15,18H,1-4,6-7,9-14,16H2,(H,25,30). The first-order valence-electron chi connectivity index (χ1n) is 12.3. The second-order valence-electron chi connectivity index (χ2n) is 9.56. The van der Waals surface area contributed by atoms with Crippen molar-refractivity contribution in [1.29, 1.82) is 0 Å². The Hall–Kier alpha value is -2.42. The van der Waals surface area contributed by atoms with Gasteiger partial charge in [-0.1, -0.05) is 30.7 Å². The highest BCUT2D eigenvalue weighted by molar-refractivity contribution is 7.99. The van der Waals surface area contributed by atoms with Crippen LogP contribution in [-0.4, -0.2) is 52.7 Å². The molecule has 0 unspecified atom stereocenters. The van der Waals surface area contributed by atoms with Crippen LogP contribution in [0.4, 0.5) is 5.95 Å². The van der Waals surface area contributed by atoms with Crippen molar-refractivity contribution >= 4 is 23.6 Å². The minimum atomic E-state index is -0.335. The predicted molar refractivity (Wildman–Crippen MR) is 126 cm³/mol. The average molecular weight is 470 g/mol. The van der Waals surface area contributed by atoms with Crippen LogP contribution < -0.4 is 19.7 Å². The molecule has 0 atom stereocenters. The zero-order valence-electron chi connectivity index (χ0n) is 18.9. The number of rotatable bonds is 7. The molecule has 3 fully saturated rings. The molecule has 9 heteroatoms. The number of benzene rings is 1. The van der Waals surface area contributed by atoms with Crippen molar-refractivity contribution < 1.29 is 14.3 Å². The fourth-order valence-electron chi connectivity index (χ4n) is 5.39. The number of hydrogen-bond donors (Lipinski definition) is 1. The fraction of sp³-hybridized carbons (Fsp3) is 0.625. The van der Waals surface area contributed by atoms with Gasteiger partial charge in [0, 0.05) is 19.1 Å². The van der Waals surface area contributed by atoms with Crippen molar-refractivity contribution in [3.8, 4) is 11.5 Å². The van der Waals surface area contributed by atoms with Gasteiger partial charge in [-0.05, 0) is 56.2 Å². The van der Waals surface area contributed by atoms with Gasteiger partial charge in [-0.15, -0.1) is 10.2 Å². The molecule has 3 heterocycles. The van der Waals surface area contributed by atoms with Gasteiger partial charge in [0.15, 0.2) is 16.7 Å². The Morgan fingerprint density at radius 1 is 1.06 bits per heavy atom. The van der Waals surface area contributed by atoms with E-state index >= 15 is 0 Å². The number of carbonyl (C=O) groups is 1. The smallest absolute Gasteiger partial charge is 0.231 e. The largest absolute Gasteiger partial charge is 0.486 e. The molecule has 0 bridgehead atoms. The number of thioether (sulfide) groups is 1. The van der Waals surface area contributed by atoms with Crippen molar-refractivity contribution in [2.24, 2.45) is 0 Å². The molecule has 1 saturated heterocycles. The third-order valence-electron chi connectivity index (χ3n) is 7.21. The number of nitrogens with zero attached hydrogens (tertiary/aromatic N) is 4. The first-order valence-corrected chi connectivity index (χ1v) is 13.2. The molecule has 2 saturated carbocycles. The van der Waals surface area contributed by atoms with Gasteiger partial charge < -0.3 is 19.7 Å². The van der Waals surface area contributed by atoms with Crippen LogP contribution in [0.5, 0.6) is 11.5 Å². The van der Waals surface area contributed by atoms with Gasteiger partial charge in [0.1, 0.15) is 13.2 Å². The fourth-order valence-corrected chi connectivity index (χ4v) is 6.19. The van der Waals surface area contributed by atoms with Crippen LogP contribution in [0.3, 0.4) is 0 Å². The average Bonchev–Trinajstić information content (AvgIpc) is 3.23. The van der Waals surface area contributed by atoms with Gasteiger partial charge in [-0.3, -0.25) is 9.36 Å². The van der Waals surface area contributed by atoms with E-state index in [0.717, 1.165) is 66.9 Å². The zero-order chi connectivity index (χ0) is 22.3. The molecular weight excluding hydrogens is 438 g/mol. The second-order valence-corrected chi connectivity index (χ2v) is 10.5. The molecule has 2 aromatic rings. The second kappa shape index (κ2) is 8.74. The van der Waals surface area contributed by atoms with Crippen LogP contribution in [0.1, 0.15) is 63.0 Å². The van der Waals surface area contributed by atoms with E-state index in [9.17, 15) is 4.79 Å². The number of hydrogen-bond acceptors (Lipinski definition) is 7. The van der Waals surface area contributed by atoms with Crippen molar-refractivity contribution in [1.82, 2.24) is 20.1 Å². The van der Waals surface area contributed by atoms with Gasteiger partial charge in [0.05, 0.1) is 11.3 Å². The molecular formula is C24H31N5O3S. The van der Waals surface area contributed by atoms with Crippen molar-refractivity contribution in [3.05, 3.63) is 23.8 Å². The number of nitrogens with one attached hydrogen (secondary N) is 1. The third kappa shape index (κ3) is 4.16. The van der Waals surface area contributed by atoms with E-state index < -0.39 is 0 Å². The summed E-state index contributed by atoms with van der Waals surface area (Å²) in [6, 6.07) is 6.60. The normalized spacial score (nSPS) is 21.4. The van der Waals surface area contributed by atoms with Gasteiger partial charge in [-0.2, -0.15) is 0 Å². The number of aromatic nitrogens is 3. The number of carbonyl (C=O) groups excluding carboxylic acids is 1. The molecule has 0 spiro atoms. The summed E-state index contributed by atoms with van der Waals surface area (Å²) in [4.78, 5) is 15.5. The van der Waals surface area contributed by atoms with Crippen LogP contribution in [0.2, 0.25) is 0 Å². The predicted octanol–water partition coefficient (Wildman–Crippen LogP) is 3.66. The van der Waals surface area contributed by atoms with Crippen LogP contribution in [0.25, 0.3) is 0 Å². The number of fused-ring (bicyclic) bond motifs is 1. The highest BCUT2D eigenvalue weighted by Gasteiger charge is 2.38. The lowest BCUT2D eigenvalue weighted by molar-refractivity contribution is -0.120. The Morgan fingerprint density at radius 3 is 2.58 bits per heavy atom. The van der Waals surface area contributed by atoms with E-state index in [4.69, 9.17) is 9.47 Å². The summed E-state index contributed by atoms with van der Waals surface area (Å²) in [6.45, 7) is 3.24. The van der Waals surface area contributed by atoms with E-state index in [1.54, 1.807) is 0 Å². The maximum absolute atomic E-state index is 13.1. The molecule has 4 aliphatic rings. The first kappa shape index (κ1) is 21.1. The topological polar surface area (TPSA) is 81.5 Å². The summed E-state index contributed by atoms with van der Waals surface area (Å²) in [7, 11) is 0. The van der Waals surface area contributed by atoms with Gasteiger partial charge in [-0.25, -0.2) is 0 Å².